The Morgan fingerprint density at radius 2 is 1.94 bits per heavy atom. The molecule has 2 aromatic carbocycles. The zero-order chi connectivity index (χ0) is 23.1. The Kier molecular flexibility index (Phi) is 8.47. The normalized spacial score (nSPS) is 11.2. The van der Waals surface area contributed by atoms with Crippen LogP contribution in [0.4, 0.5) is 5.13 Å². The summed E-state index contributed by atoms with van der Waals surface area (Å²) >= 11 is 1.52. The standard InChI is InChI=1S/C25H33N3O3S/c1-6-7-8-16-31-20-11-9-10-19(17-20)24(29)28(15-14-27(3)4)25-26-22-21(30-5)13-12-18(2)23(22)32-25/h9-13,17H,6-8,14-16H2,1-5H3. The highest BCUT2D eigenvalue weighted by Crippen LogP contribution is 2.37. The minimum absolute atomic E-state index is 0.0819. The number of anilines is 1. The first-order chi connectivity index (χ1) is 15.4. The lowest BCUT2D eigenvalue weighted by Crippen LogP contribution is -2.36. The van der Waals surface area contributed by atoms with Crippen molar-refractivity contribution >= 4 is 32.6 Å². The SMILES string of the molecule is CCCCCOc1cccc(C(=O)N(CCN(C)C)c2nc3c(OC)ccc(C)c3s2)c1. The molecule has 0 aliphatic carbocycles. The van der Waals surface area contributed by atoms with Gasteiger partial charge < -0.3 is 14.4 Å². The summed E-state index contributed by atoms with van der Waals surface area (Å²) in [4.78, 5) is 22.2. The number of aryl methyl sites for hydroxylation is 1. The molecule has 1 aromatic heterocycles. The van der Waals surface area contributed by atoms with E-state index in [1.54, 1.807) is 12.0 Å². The number of carbonyl (C=O) groups excluding carboxylic acids is 1. The van der Waals surface area contributed by atoms with Gasteiger partial charge in [0.1, 0.15) is 17.0 Å². The van der Waals surface area contributed by atoms with E-state index in [1.165, 1.54) is 11.3 Å². The minimum atomic E-state index is -0.0819. The first-order valence-electron chi connectivity index (χ1n) is 11.1. The number of rotatable bonds is 11. The maximum Gasteiger partial charge on any atom is 0.260 e. The number of fused-ring (bicyclic) bond motifs is 1. The van der Waals surface area contributed by atoms with E-state index in [0.29, 0.717) is 23.8 Å². The third-order valence-electron chi connectivity index (χ3n) is 5.26. The molecule has 1 heterocycles. The average Bonchev–Trinajstić information content (AvgIpc) is 3.23. The molecule has 0 saturated heterocycles. The summed E-state index contributed by atoms with van der Waals surface area (Å²) in [6.45, 7) is 6.14. The van der Waals surface area contributed by atoms with Crippen molar-refractivity contribution < 1.29 is 14.3 Å². The minimum Gasteiger partial charge on any atom is -0.494 e. The molecule has 0 spiro atoms. The second-order valence-corrected chi connectivity index (χ2v) is 9.08. The van der Waals surface area contributed by atoms with E-state index in [1.807, 2.05) is 50.5 Å². The van der Waals surface area contributed by atoms with Gasteiger partial charge in [0.25, 0.3) is 5.91 Å². The first-order valence-corrected chi connectivity index (χ1v) is 11.9. The molecule has 0 unspecified atom stereocenters. The Hall–Kier alpha value is -2.64. The molecule has 1 amide bonds. The van der Waals surface area contributed by atoms with Gasteiger partial charge in [-0.15, -0.1) is 0 Å². The molecule has 0 atom stereocenters. The van der Waals surface area contributed by atoms with Gasteiger partial charge in [-0.05, 0) is 57.3 Å². The fraction of sp³-hybridized carbons (Fsp3) is 0.440. The molecule has 6 nitrogen and oxygen atoms in total. The molecule has 172 valence electrons. The quantitative estimate of drug-likeness (QED) is 0.363. The van der Waals surface area contributed by atoms with Crippen molar-refractivity contribution in [2.24, 2.45) is 0 Å². The number of hydrogen-bond donors (Lipinski definition) is 0. The molecule has 0 saturated carbocycles. The molecule has 3 rings (SSSR count). The van der Waals surface area contributed by atoms with E-state index in [2.05, 4.69) is 18.7 Å². The van der Waals surface area contributed by atoms with Crippen LogP contribution in [0.2, 0.25) is 0 Å². The molecular weight excluding hydrogens is 422 g/mol. The highest BCUT2D eigenvalue weighted by Gasteiger charge is 2.23. The topological polar surface area (TPSA) is 54.9 Å². The van der Waals surface area contributed by atoms with Crippen LogP contribution in [0, 0.1) is 6.92 Å². The molecule has 0 fully saturated rings. The van der Waals surface area contributed by atoms with Crippen LogP contribution in [0.15, 0.2) is 36.4 Å². The highest BCUT2D eigenvalue weighted by atomic mass is 32.1. The van der Waals surface area contributed by atoms with E-state index in [-0.39, 0.29) is 5.91 Å². The summed E-state index contributed by atoms with van der Waals surface area (Å²) < 4.78 is 12.4. The smallest absolute Gasteiger partial charge is 0.260 e. The third kappa shape index (κ3) is 5.78. The Bertz CT molecular complexity index is 1050. The number of methoxy groups -OCH3 is 1. The van der Waals surface area contributed by atoms with Crippen molar-refractivity contribution in [3.05, 3.63) is 47.5 Å². The maximum absolute atomic E-state index is 13.6. The average molecular weight is 456 g/mol. The number of thiazole rings is 1. The van der Waals surface area contributed by atoms with Gasteiger partial charge in [-0.2, -0.15) is 0 Å². The lowest BCUT2D eigenvalue weighted by Gasteiger charge is -2.22. The van der Waals surface area contributed by atoms with Crippen LogP contribution in [0.3, 0.4) is 0 Å². The number of unbranched alkanes of at least 4 members (excludes halogenated alkanes) is 2. The van der Waals surface area contributed by atoms with Crippen molar-refractivity contribution in [3.8, 4) is 11.5 Å². The molecule has 3 aromatic rings. The van der Waals surface area contributed by atoms with Crippen molar-refractivity contribution in [1.82, 2.24) is 9.88 Å². The van der Waals surface area contributed by atoms with Crippen LogP contribution in [-0.2, 0) is 0 Å². The van der Waals surface area contributed by atoms with Gasteiger partial charge in [-0.1, -0.05) is 43.2 Å². The molecule has 0 bridgehead atoms. The van der Waals surface area contributed by atoms with Crippen molar-refractivity contribution in [1.29, 1.82) is 0 Å². The van der Waals surface area contributed by atoms with Crippen LogP contribution >= 0.6 is 11.3 Å². The number of likely N-dealkylation sites (N-methyl/N-ethyl adjacent to an activating group) is 1. The lowest BCUT2D eigenvalue weighted by atomic mass is 10.2. The van der Waals surface area contributed by atoms with Crippen molar-refractivity contribution in [2.45, 2.75) is 33.1 Å². The van der Waals surface area contributed by atoms with Gasteiger partial charge in [0, 0.05) is 18.7 Å². The van der Waals surface area contributed by atoms with Gasteiger partial charge in [-0.3, -0.25) is 9.69 Å². The van der Waals surface area contributed by atoms with E-state index in [4.69, 9.17) is 14.5 Å². The van der Waals surface area contributed by atoms with Crippen LogP contribution in [-0.4, -0.2) is 56.7 Å². The van der Waals surface area contributed by atoms with Gasteiger partial charge in [0.2, 0.25) is 0 Å². The Balaban J connectivity index is 1.92. The number of hydrogen-bond acceptors (Lipinski definition) is 6. The monoisotopic (exact) mass is 455 g/mol. The van der Waals surface area contributed by atoms with Crippen LogP contribution < -0.4 is 14.4 Å². The van der Waals surface area contributed by atoms with E-state index in [9.17, 15) is 4.79 Å². The summed E-state index contributed by atoms with van der Waals surface area (Å²) in [6, 6.07) is 11.4. The lowest BCUT2D eigenvalue weighted by molar-refractivity contribution is 0.0984. The summed E-state index contributed by atoms with van der Waals surface area (Å²) in [5, 5.41) is 0.675. The zero-order valence-electron chi connectivity index (χ0n) is 19.7. The number of carbonyl (C=O) groups is 1. The number of benzene rings is 2. The number of aromatic nitrogens is 1. The molecule has 0 radical (unpaired) electrons. The second-order valence-electron chi connectivity index (χ2n) is 8.10. The molecular formula is C25H33N3O3S. The fourth-order valence-electron chi connectivity index (χ4n) is 3.38. The summed E-state index contributed by atoms with van der Waals surface area (Å²) in [7, 11) is 5.64. The Morgan fingerprint density at radius 3 is 2.66 bits per heavy atom. The van der Waals surface area contributed by atoms with Gasteiger partial charge in [-0.25, -0.2) is 4.98 Å². The second kappa shape index (κ2) is 11.3. The van der Waals surface area contributed by atoms with Crippen LogP contribution in [0.25, 0.3) is 10.2 Å². The number of ether oxygens (including phenoxy) is 2. The van der Waals surface area contributed by atoms with Crippen LogP contribution in [0.5, 0.6) is 11.5 Å². The van der Waals surface area contributed by atoms with Gasteiger partial charge >= 0.3 is 0 Å². The van der Waals surface area contributed by atoms with E-state index in [0.717, 1.165) is 53.1 Å². The van der Waals surface area contributed by atoms with Gasteiger partial charge in [0.15, 0.2) is 5.13 Å². The predicted molar refractivity (Wildman–Crippen MR) is 133 cm³/mol. The van der Waals surface area contributed by atoms with E-state index < -0.39 is 0 Å². The van der Waals surface area contributed by atoms with Crippen molar-refractivity contribution in [3.63, 3.8) is 0 Å². The Labute approximate surface area is 194 Å². The Morgan fingerprint density at radius 1 is 1.12 bits per heavy atom. The first kappa shape index (κ1) is 24.0. The number of nitrogens with zero attached hydrogens (tertiary/aromatic N) is 3. The zero-order valence-corrected chi connectivity index (χ0v) is 20.5. The summed E-state index contributed by atoms with van der Waals surface area (Å²) in [5.74, 6) is 1.36. The summed E-state index contributed by atoms with van der Waals surface area (Å²) in [6.07, 6.45) is 3.29. The van der Waals surface area contributed by atoms with Crippen LogP contribution in [0.1, 0.15) is 42.1 Å². The molecule has 0 aliphatic heterocycles. The maximum atomic E-state index is 13.6. The molecule has 0 N–H and O–H groups in total. The number of amides is 1. The highest BCUT2D eigenvalue weighted by molar-refractivity contribution is 7.22. The predicted octanol–water partition coefficient (Wildman–Crippen LogP) is 5.39. The molecule has 32 heavy (non-hydrogen) atoms. The molecule has 7 heteroatoms. The largest absolute Gasteiger partial charge is 0.494 e. The van der Waals surface area contributed by atoms with Crippen molar-refractivity contribution in [2.75, 3.05) is 45.8 Å². The third-order valence-corrected chi connectivity index (χ3v) is 6.47. The fourth-order valence-corrected chi connectivity index (χ4v) is 4.46. The summed E-state index contributed by atoms with van der Waals surface area (Å²) in [5.41, 5.74) is 2.51. The molecule has 0 aliphatic rings. The van der Waals surface area contributed by atoms with E-state index >= 15 is 0 Å². The van der Waals surface area contributed by atoms with Gasteiger partial charge in [0.05, 0.1) is 18.4 Å².